The van der Waals surface area contributed by atoms with Gasteiger partial charge in [0.25, 0.3) is 0 Å². The lowest BCUT2D eigenvalue weighted by atomic mass is 10.1. The number of benzene rings is 1. The maximum atomic E-state index is 11.1. The van der Waals surface area contributed by atoms with E-state index >= 15 is 0 Å². The molecule has 0 heterocycles. The van der Waals surface area contributed by atoms with Gasteiger partial charge < -0.3 is 0 Å². The Morgan fingerprint density at radius 3 is 2.62 bits per heavy atom. The van der Waals surface area contributed by atoms with Crippen LogP contribution in [0.15, 0.2) is 16.6 Å². The highest BCUT2D eigenvalue weighted by Gasteiger charge is 2.08. The second-order valence-electron chi connectivity index (χ2n) is 2.53. The zero-order valence-corrected chi connectivity index (χ0v) is 10.5. The Bertz CT molecular complexity index is 374. The molecule has 0 spiro atoms. The van der Waals surface area contributed by atoms with E-state index in [9.17, 15) is 9.59 Å². The van der Waals surface area contributed by atoms with Crippen molar-refractivity contribution in [3.63, 3.8) is 0 Å². The summed E-state index contributed by atoms with van der Waals surface area (Å²) in [6, 6.07) is 3.36. The smallest absolute Gasteiger partial charge is 0.160 e. The van der Waals surface area contributed by atoms with E-state index in [4.69, 9.17) is 0 Å². The Morgan fingerprint density at radius 2 is 2.15 bits per heavy atom. The molecule has 1 aromatic carbocycles. The Morgan fingerprint density at radius 1 is 1.54 bits per heavy atom. The van der Waals surface area contributed by atoms with Gasteiger partial charge in [-0.1, -0.05) is 15.9 Å². The van der Waals surface area contributed by atoms with Crippen molar-refractivity contribution in [1.29, 1.82) is 0 Å². The van der Waals surface area contributed by atoms with E-state index in [0.717, 1.165) is 9.86 Å². The van der Waals surface area contributed by atoms with E-state index in [2.05, 4.69) is 15.9 Å². The van der Waals surface area contributed by atoms with Crippen LogP contribution in [0.25, 0.3) is 0 Å². The SMILES string of the molecule is CC(=O)c1cc(Br)c(C=O)cc1I. The Hall–Kier alpha value is -0.230. The standard InChI is InChI=1S/C9H6BrIO2/c1-5(13)7-3-8(10)6(4-12)2-9(7)11/h2-4H,1H3. The second-order valence-corrected chi connectivity index (χ2v) is 4.54. The van der Waals surface area contributed by atoms with E-state index in [1.165, 1.54) is 6.92 Å². The number of carbonyl (C=O) groups is 2. The number of halogens is 2. The molecule has 1 rings (SSSR count). The minimum Gasteiger partial charge on any atom is -0.298 e. The molecule has 0 aliphatic rings. The molecule has 0 aliphatic heterocycles. The summed E-state index contributed by atoms with van der Waals surface area (Å²) >= 11 is 5.26. The molecule has 0 aromatic heterocycles. The average molecular weight is 353 g/mol. The first-order valence-corrected chi connectivity index (χ1v) is 5.38. The van der Waals surface area contributed by atoms with Crippen LogP contribution in [-0.2, 0) is 0 Å². The lowest BCUT2D eigenvalue weighted by molar-refractivity contribution is 0.101. The van der Waals surface area contributed by atoms with Crippen molar-refractivity contribution in [2.24, 2.45) is 0 Å². The van der Waals surface area contributed by atoms with Gasteiger partial charge in [0, 0.05) is 19.2 Å². The summed E-state index contributed by atoms with van der Waals surface area (Å²) in [5.41, 5.74) is 1.20. The fourth-order valence-corrected chi connectivity index (χ4v) is 2.23. The maximum absolute atomic E-state index is 11.1. The molecule has 0 fully saturated rings. The van der Waals surface area contributed by atoms with Crippen LogP contribution in [0.2, 0.25) is 0 Å². The molecule has 4 heteroatoms. The molecule has 0 saturated heterocycles. The third-order valence-electron chi connectivity index (χ3n) is 1.59. The minimum absolute atomic E-state index is 0.00236. The largest absolute Gasteiger partial charge is 0.298 e. The van der Waals surface area contributed by atoms with Crippen LogP contribution in [0.1, 0.15) is 27.6 Å². The van der Waals surface area contributed by atoms with Gasteiger partial charge in [0.1, 0.15) is 0 Å². The fraction of sp³-hybridized carbons (Fsp3) is 0.111. The van der Waals surface area contributed by atoms with E-state index in [1.807, 2.05) is 22.6 Å². The van der Waals surface area contributed by atoms with Crippen molar-refractivity contribution in [3.05, 3.63) is 31.3 Å². The normalized spacial score (nSPS) is 9.77. The molecular formula is C9H6BrIO2. The number of aldehydes is 1. The molecule has 0 bridgehead atoms. The van der Waals surface area contributed by atoms with Crippen molar-refractivity contribution in [3.8, 4) is 0 Å². The fourth-order valence-electron chi connectivity index (χ4n) is 0.922. The van der Waals surface area contributed by atoms with Crippen LogP contribution >= 0.6 is 38.5 Å². The van der Waals surface area contributed by atoms with Gasteiger partial charge in [0.05, 0.1) is 0 Å². The number of carbonyl (C=O) groups excluding carboxylic acids is 2. The van der Waals surface area contributed by atoms with Gasteiger partial charge in [-0.25, -0.2) is 0 Å². The number of hydrogen-bond acceptors (Lipinski definition) is 2. The first-order valence-electron chi connectivity index (χ1n) is 3.51. The summed E-state index contributed by atoms with van der Waals surface area (Å²) in [5, 5.41) is 0. The molecule has 0 atom stereocenters. The second kappa shape index (κ2) is 4.32. The Labute approximate surface area is 98.0 Å². The van der Waals surface area contributed by atoms with Gasteiger partial charge in [-0.15, -0.1) is 0 Å². The van der Waals surface area contributed by atoms with Crippen LogP contribution in [0, 0.1) is 3.57 Å². The monoisotopic (exact) mass is 352 g/mol. The number of Topliss-reactive ketones (excluding diaryl/α,β-unsaturated/α-hetero) is 1. The van der Waals surface area contributed by atoms with Crippen molar-refractivity contribution in [2.75, 3.05) is 0 Å². The minimum atomic E-state index is 0.00236. The van der Waals surface area contributed by atoms with Crippen LogP contribution in [-0.4, -0.2) is 12.1 Å². The lowest BCUT2D eigenvalue weighted by Crippen LogP contribution is -1.98. The molecule has 0 saturated carbocycles. The number of rotatable bonds is 2. The Balaban J connectivity index is 3.36. The van der Waals surface area contributed by atoms with Gasteiger partial charge in [-0.3, -0.25) is 9.59 Å². The van der Waals surface area contributed by atoms with Crippen LogP contribution in [0.5, 0.6) is 0 Å². The van der Waals surface area contributed by atoms with Gasteiger partial charge in [-0.05, 0) is 41.6 Å². The molecule has 0 N–H and O–H groups in total. The van der Waals surface area contributed by atoms with Crippen molar-refractivity contribution in [1.82, 2.24) is 0 Å². The predicted molar refractivity (Wildman–Crippen MR) is 62.3 cm³/mol. The maximum Gasteiger partial charge on any atom is 0.160 e. The van der Waals surface area contributed by atoms with Crippen molar-refractivity contribution in [2.45, 2.75) is 6.92 Å². The number of ketones is 1. The highest BCUT2D eigenvalue weighted by atomic mass is 127. The zero-order valence-electron chi connectivity index (χ0n) is 6.80. The van der Waals surface area contributed by atoms with E-state index < -0.39 is 0 Å². The highest BCUT2D eigenvalue weighted by Crippen LogP contribution is 2.22. The van der Waals surface area contributed by atoms with E-state index in [0.29, 0.717) is 15.6 Å². The summed E-state index contributed by atoms with van der Waals surface area (Å²) in [4.78, 5) is 21.6. The lowest BCUT2D eigenvalue weighted by Gasteiger charge is -2.03. The van der Waals surface area contributed by atoms with Crippen molar-refractivity contribution >= 4 is 50.6 Å². The van der Waals surface area contributed by atoms with E-state index in [-0.39, 0.29) is 5.78 Å². The summed E-state index contributed by atoms with van der Waals surface area (Å²) in [5.74, 6) is 0.00236. The predicted octanol–water partition coefficient (Wildman–Crippen LogP) is 3.07. The van der Waals surface area contributed by atoms with E-state index in [1.54, 1.807) is 12.1 Å². The summed E-state index contributed by atoms with van der Waals surface area (Å²) < 4.78 is 1.46. The first-order chi connectivity index (χ1) is 6.06. The average Bonchev–Trinajstić information content (AvgIpc) is 2.07. The number of hydrogen-bond donors (Lipinski definition) is 0. The van der Waals surface area contributed by atoms with Crippen LogP contribution in [0.4, 0.5) is 0 Å². The first kappa shape index (κ1) is 10.8. The van der Waals surface area contributed by atoms with Gasteiger partial charge >= 0.3 is 0 Å². The summed E-state index contributed by atoms with van der Waals surface area (Å²) in [6.07, 6.45) is 0.760. The molecule has 68 valence electrons. The quantitative estimate of drug-likeness (QED) is 0.465. The zero-order chi connectivity index (χ0) is 10.0. The van der Waals surface area contributed by atoms with Crippen molar-refractivity contribution < 1.29 is 9.59 Å². The molecule has 0 amide bonds. The third kappa shape index (κ3) is 2.37. The van der Waals surface area contributed by atoms with Gasteiger partial charge in [0.15, 0.2) is 12.1 Å². The third-order valence-corrected chi connectivity index (χ3v) is 3.17. The highest BCUT2D eigenvalue weighted by molar-refractivity contribution is 14.1. The molecule has 2 nitrogen and oxygen atoms in total. The molecule has 13 heavy (non-hydrogen) atoms. The summed E-state index contributed by atoms with van der Waals surface area (Å²) in [6.45, 7) is 1.50. The van der Waals surface area contributed by atoms with Crippen LogP contribution < -0.4 is 0 Å². The molecule has 0 aliphatic carbocycles. The molecule has 1 aromatic rings. The van der Waals surface area contributed by atoms with Crippen LogP contribution in [0.3, 0.4) is 0 Å². The van der Waals surface area contributed by atoms with Gasteiger partial charge in [-0.2, -0.15) is 0 Å². The molecular weight excluding hydrogens is 347 g/mol. The summed E-state index contributed by atoms with van der Waals surface area (Å²) in [7, 11) is 0. The van der Waals surface area contributed by atoms with Gasteiger partial charge in [0.2, 0.25) is 0 Å². The Kier molecular flexibility index (Phi) is 3.61. The molecule has 0 radical (unpaired) electrons. The molecule has 0 unspecified atom stereocenters. The topological polar surface area (TPSA) is 34.1 Å².